The lowest BCUT2D eigenvalue weighted by Gasteiger charge is -2.03. The Morgan fingerprint density at radius 1 is 1.28 bits per heavy atom. The molecule has 1 aromatic carbocycles. The monoisotopic (exact) mass is 282 g/mol. The molecule has 0 unspecified atom stereocenters. The first kappa shape index (κ1) is 12.7. The molecule has 0 N–H and O–H groups in total. The Bertz CT molecular complexity index is 574. The van der Waals surface area contributed by atoms with E-state index in [0.29, 0.717) is 10.8 Å². The molecule has 3 nitrogen and oxygen atoms in total. The number of rotatable bonds is 3. The molecule has 2 aromatic rings. The second kappa shape index (κ2) is 5.76. The molecule has 0 aliphatic rings. The molecule has 0 aliphatic carbocycles. The fourth-order valence-electron chi connectivity index (χ4n) is 1.24. The SMILES string of the molecule is O=C(C=Cc1ccco1)Oc1ccc(Cl)cc1Cl. The van der Waals surface area contributed by atoms with Crippen LogP contribution in [0.3, 0.4) is 0 Å². The summed E-state index contributed by atoms with van der Waals surface area (Å²) in [5.74, 6) is 0.278. The molecule has 92 valence electrons. The molecule has 0 radical (unpaired) electrons. The van der Waals surface area contributed by atoms with Crippen LogP contribution >= 0.6 is 23.2 Å². The molecule has 0 atom stereocenters. The van der Waals surface area contributed by atoms with E-state index in [4.69, 9.17) is 32.4 Å². The summed E-state index contributed by atoms with van der Waals surface area (Å²) in [5, 5.41) is 0.758. The summed E-state index contributed by atoms with van der Waals surface area (Å²) in [4.78, 5) is 11.5. The molecule has 0 saturated carbocycles. The second-order valence-electron chi connectivity index (χ2n) is 3.34. The Morgan fingerprint density at radius 3 is 2.78 bits per heavy atom. The molecule has 0 fully saturated rings. The number of carbonyl (C=O) groups is 1. The van der Waals surface area contributed by atoms with Gasteiger partial charge in [-0.1, -0.05) is 23.2 Å². The van der Waals surface area contributed by atoms with E-state index in [2.05, 4.69) is 0 Å². The molecule has 2 rings (SSSR count). The van der Waals surface area contributed by atoms with Gasteiger partial charge in [-0.3, -0.25) is 0 Å². The minimum Gasteiger partial charge on any atom is -0.465 e. The van der Waals surface area contributed by atoms with Crippen molar-refractivity contribution >= 4 is 35.2 Å². The van der Waals surface area contributed by atoms with Crippen LogP contribution in [-0.2, 0) is 4.79 Å². The summed E-state index contributed by atoms with van der Waals surface area (Å²) in [5.41, 5.74) is 0. The van der Waals surface area contributed by atoms with Gasteiger partial charge in [-0.15, -0.1) is 0 Å². The molecule has 0 amide bonds. The first-order chi connectivity index (χ1) is 8.65. The van der Waals surface area contributed by atoms with E-state index in [9.17, 15) is 4.79 Å². The van der Waals surface area contributed by atoms with E-state index in [-0.39, 0.29) is 10.8 Å². The number of hydrogen-bond acceptors (Lipinski definition) is 3. The van der Waals surface area contributed by atoms with Crippen LogP contribution in [0.25, 0.3) is 6.08 Å². The van der Waals surface area contributed by atoms with Gasteiger partial charge in [0.2, 0.25) is 0 Å². The fourth-order valence-corrected chi connectivity index (χ4v) is 1.68. The summed E-state index contributed by atoms with van der Waals surface area (Å²) < 4.78 is 10.1. The van der Waals surface area contributed by atoms with Crippen molar-refractivity contribution in [2.24, 2.45) is 0 Å². The van der Waals surface area contributed by atoms with Crippen LogP contribution in [0.2, 0.25) is 10.0 Å². The van der Waals surface area contributed by atoms with E-state index in [1.54, 1.807) is 18.2 Å². The molecule has 0 saturated heterocycles. The highest BCUT2D eigenvalue weighted by Crippen LogP contribution is 2.27. The topological polar surface area (TPSA) is 39.4 Å². The van der Waals surface area contributed by atoms with Crippen molar-refractivity contribution in [2.45, 2.75) is 0 Å². The highest BCUT2D eigenvalue weighted by atomic mass is 35.5. The van der Waals surface area contributed by atoms with Gasteiger partial charge in [0, 0.05) is 11.1 Å². The number of esters is 1. The zero-order valence-electron chi connectivity index (χ0n) is 9.10. The van der Waals surface area contributed by atoms with E-state index < -0.39 is 5.97 Å². The lowest BCUT2D eigenvalue weighted by Crippen LogP contribution is -2.03. The van der Waals surface area contributed by atoms with Gasteiger partial charge in [0.1, 0.15) is 11.5 Å². The van der Waals surface area contributed by atoms with Crippen molar-refractivity contribution < 1.29 is 13.9 Å². The molecule has 0 spiro atoms. The van der Waals surface area contributed by atoms with Gasteiger partial charge >= 0.3 is 5.97 Å². The Kier molecular flexibility index (Phi) is 4.07. The summed E-state index contributed by atoms with van der Waals surface area (Å²) >= 11 is 11.6. The Hall–Kier alpha value is -1.71. The van der Waals surface area contributed by atoms with Crippen LogP contribution in [0.1, 0.15) is 5.76 Å². The van der Waals surface area contributed by atoms with Crippen LogP contribution in [0, 0.1) is 0 Å². The van der Waals surface area contributed by atoms with Gasteiger partial charge in [-0.25, -0.2) is 4.79 Å². The third kappa shape index (κ3) is 3.39. The maximum Gasteiger partial charge on any atom is 0.336 e. The van der Waals surface area contributed by atoms with E-state index in [1.807, 2.05) is 0 Å². The average Bonchev–Trinajstić information content (AvgIpc) is 2.83. The van der Waals surface area contributed by atoms with Gasteiger partial charge in [-0.2, -0.15) is 0 Å². The molecule has 0 bridgehead atoms. The smallest absolute Gasteiger partial charge is 0.336 e. The van der Waals surface area contributed by atoms with Crippen molar-refractivity contribution in [3.63, 3.8) is 0 Å². The van der Waals surface area contributed by atoms with Gasteiger partial charge in [0.05, 0.1) is 11.3 Å². The van der Waals surface area contributed by atoms with Crippen molar-refractivity contribution in [3.8, 4) is 5.75 Å². The number of benzene rings is 1. The Balaban J connectivity index is 2.03. The first-order valence-corrected chi connectivity index (χ1v) is 5.79. The van der Waals surface area contributed by atoms with Crippen molar-refractivity contribution in [3.05, 3.63) is 58.5 Å². The molecular formula is C13H8Cl2O3. The highest BCUT2D eigenvalue weighted by Gasteiger charge is 2.06. The maximum atomic E-state index is 11.5. The fraction of sp³-hybridized carbons (Fsp3) is 0. The Morgan fingerprint density at radius 2 is 2.11 bits per heavy atom. The third-order valence-electron chi connectivity index (χ3n) is 2.03. The lowest BCUT2D eigenvalue weighted by molar-refractivity contribution is -0.128. The molecule has 1 aromatic heterocycles. The van der Waals surface area contributed by atoms with Gasteiger partial charge < -0.3 is 9.15 Å². The van der Waals surface area contributed by atoms with Crippen LogP contribution in [0.15, 0.2) is 47.1 Å². The van der Waals surface area contributed by atoms with Crippen molar-refractivity contribution in [2.75, 3.05) is 0 Å². The van der Waals surface area contributed by atoms with Crippen LogP contribution in [-0.4, -0.2) is 5.97 Å². The van der Waals surface area contributed by atoms with Crippen LogP contribution in [0.5, 0.6) is 5.75 Å². The molecule has 18 heavy (non-hydrogen) atoms. The molecular weight excluding hydrogens is 275 g/mol. The molecule has 5 heteroatoms. The predicted octanol–water partition coefficient (Wildman–Crippen LogP) is 4.21. The number of ether oxygens (including phenoxy) is 1. The lowest BCUT2D eigenvalue weighted by atomic mass is 10.3. The van der Waals surface area contributed by atoms with E-state index in [1.165, 1.54) is 30.5 Å². The highest BCUT2D eigenvalue weighted by molar-refractivity contribution is 6.35. The second-order valence-corrected chi connectivity index (χ2v) is 4.19. The number of carbonyl (C=O) groups excluding carboxylic acids is 1. The number of halogens is 2. The van der Waals surface area contributed by atoms with Crippen LogP contribution in [0.4, 0.5) is 0 Å². The zero-order valence-corrected chi connectivity index (χ0v) is 10.6. The number of hydrogen-bond donors (Lipinski definition) is 0. The number of furan rings is 1. The van der Waals surface area contributed by atoms with Crippen molar-refractivity contribution in [1.82, 2.24) is 0 Å². The van der Waals surface area contributed by atoms with E-state index in [0.717, 1.165) is 0 Å². The summed E-state index contributed by atoms with van der Waals surface area (Å²) in [6.07, 6.45) is 4.27. The molecule has 1 heterocycles. The van der Waals surface area contributed by atoms with Gasteiger partial charge in [-0.05, 0) is 36.4 Å². The third-order valence-corrected chi connectivity index (χ3v) is 2.56. The zero-order chi connectivity index (χ0) is 13.0. The summed E-state index contributed by atoms with van der Waals surface area (Å²) in [6, 6.07) is 8.07. The Labute approximate surface area is 114 Å². The standard InChI is InChI=1S/C13H8Cl2O3/c14-9-3-5-12(11(15)8-9)18-13(16)6-4-10-2-1-7-17-10/h1-8H. The summed E-state index contributed by atoms with van der Waals surface area (Å²) in [7, 11) is 0. The summed E-state index contributed by atoms with van der Waals surface area (Å²) in [6.45, 7) is 0. The first-order valence-electron chi connectivity index (χ1n) is 5.03. The molecule has 0 aliphatic heterocycles. The van der Waals surface area contributed by atoms with Crippen molar-refractivity contribution in [1.29, 1.82) is 0 Å². The largest absolute Gasteiger partial charge is 0.465 e. The average molecular weight is 283 g/mol. The maximum absolute atomic E-state index is 11.5. The minimum atomic E-state index is -0.546. The minimum absolute atomic E-state index is 0.259. The predicted molar refractivity (Wildman–Crippen MR) is 69.8 cm³/mol. The van der Waals surface area contributed by atoms with Crippen LogP contribution < -0.4 is 4.74 Å². The normalized spacial score (nSPS) is 10.8. The van der Waals surface area contributed by atoms with Gasteiger partial charge in [0.15, 0.2) is 0 Å². The van der Waals surface area contributed by atoms with Gasteiger partial charge in [0.25, 0.3) is 0 Å². The van der Waals surface area contributed by atoms with E-state index >= 15 is 0 Å². The quantitative estimate of drug-likeness (QED) is 0.481.